The van der Waals surface area contributed by atoms with Crippen LogP contribution in [-0.2, 0) is 6.54 Å². The maximum Gasteiger partial charge on any atom is 0.104 e. The van der Waals surface area contributed by atoms with Crippen LogP contribution < -0.4 is 17.7 Å². The molecule has 1 N–H and O–H groups in total. The molecule has 0 aliphatic heterocycles. The molecular formula is C26H49ClN2. The van der Waals surface area contributed by atoms with E-state index in [0.717, 1.165) is 17.6 Å². The molecule has 0 unspecified atom stereocenters. The van der Waals surface area contributed by atoms with Gasteiger partial charge in [0.2, 0.25) is 0 Å². The fourth-order valence-corrected chi connectivity index (χ4v) is 4.00. The van der Waals surface area contributed by atoms with E-state index in [9.17, 15) is 0 Å². The number of rotatable bonds is 19. The molecule has 3 heteroatoms. The van der Waals surface area contributed by atoms with Crippen LogP contribution in [-0.4, -0.2) is 38.2 Å². The topological polar surface area (TPSA) is 12.0 Å². The molecule has 1 aromatic rings. The molecule has 0 spiro atoms. The average molecular weight is 425 g/mol. The van der Waals surface area contributed by atoms with E-state index in [-0.39, 0.29) is 12.4 Å². The lowest BCUT2D eigenvalue weighted by Crippen LogP contribution is -3.00. The van der Waals surface area contributed by atoms with Crippen molar-refractivity contribution in [2.24, 2.45) is 0 Å². The first kappa shape index (κ1) is 28.4. The van der Waals surface area contributed by atoms with Gasteiger partial charge in [-0.15, -0.1) is 0 Å². The molecule has 2 nitrogen and oxygen atoms in total. The van der Waals surface area contributed by atoms with Crippen LogP contribution in [0.1, 0.15) is 96.0 Å². The van der Waals surface area contributed by atoms with Gasteiger partial charge >= 0.3 is 0 Å². The molecule has 0 saturated heterocycles. The molecule has 0 saturated carbocycles. The van der Waals surface area contributed by atoms with Crippen LogP contribution in [0.5, 0.6) is 0 Å². The van der Waals surface area contributed by atoms with Crippen LogP contribution in [0.25, 0.3) is 0 Å². The molecule has 0 heterocycles. The Kier molecular flexibility index (Phi) is 19.0. The maximum absolute atomic E-state index is 3.65. The molecule has 29 heavy (non-hydrogen) atoms. The van der Waals surface area contributed by atoms with Gasteiger partial charge in [-0.25, -0.2) is 0 Å². The monoisotopic (exact) mass is 424 g/mol. The highest BCUT2D eigenvalue weighted by Crippen LogP contribution is 2.12. The third-order valence-corrected chi connectivity index (χ3v) is 5.78. The Balaban J connectivity index is 0.00000784. The van der Waals surface area contributed by atoms with E-state index < -0.39 is 0 Å². The van der Waals surface area contributed by atoms with Gasteiger partial charge in [-0.1, -0.05) is 108 Å². The zero-order chi connectivity index (χ0) is 20.3. The Hall–Kier alpha value is -0.570. The van der Waals surface area contributed by atoms with Crippen molar-refractivity contribution in [2.75, 3.05) is 33.7 Å². The summed E-state index contributed by atoms with van der Waals surface area (Å²) in [5, 5.41) is 3.65. The van der Waals surface area contributed by atoms with E-state index in [1.54, 1.807) is 0 Å². The standard InChI is InChI=1S/C26H49N2.ClH/c1-4-5-6-7-8-9-10-11-12-13-14-18-22-27-23-19-24-28(2,3)25-26-20-16-15-17-21-26;/h15-17,20-21,27H,4-14,18-19,22-25H2,1-3H3;1H/q+1;/p-1. The quantitative estimate of drug-likeness (QED) is 0.262. The number of hydrogen-bond acceptors (Lipinski definition) is 1. The molecule has 0 fully saturated rings. The second-order valence-electron chi connectivity index (χ2n) is 9.30. The molecule has 0 aliphatic rings. The van der Waals surface area contributed by atoms with Crippen molar-refractivity contribution >= 4 is 0 Å². The SMILES string of the molecule is CCCCCCCCCCCCCCNCCC[N+](C)(C)Cc1ccccc1.[Cl-]. The van der Waals surface area contributed by atoms with Crippen molar-refractivity contribution in [2.45, 2.75) is 96.9 Å². The first-order valence-corrected chi connectivity index (χ1v) is 12.2. The highest BCUT2D eigenvalue weighted by atomic mass is 35.5. The summed E-state index contributed by atoms with van der Waals surface area (Å²) in [6.07, 6.45) is 18.4. The van der Waals surface area contributed by atoms with E-state index >= 15 is 0 Å². The van der Waals surface area contributed by atoms with E-state index in [1.807, 2.05) is 0 Å². The Labute approximate surface area is 188 Å². The smallest absolute Gasteiger partial charge is 0.104 e. The second kappa shape index (κ2) is 19.4. The van der Waals surface area contributed by atoms with Crippen LogP contribution in [0.3, 0.4) is 0 Å². The minimum atomic E-state index is 0. The number of nitrogens with zero attached hydrogens (tertiary/aromatic N) is 1. The van der Waals surface area contributed by atoms with Gasteiger partial charge in [-0.05, 0) is 13.0 Å². The molecule has 1 aromatic carbocycles. The Morgan fingerprint density at radius 2 is 1.14 bits per heavy atom. The number of unbranched alkanes of at least 4 members (excludes halogenated alkanes) is 11. The third-order valence-electron chi connectivity index (χ3n) is 5.78. The third kappa shape index (κ3) is 18.0. The summed E-state index contributed by atoms with van der Waals surface area (Å²) < 4.78 is 1.07. The minimum absolute atomic E-state index is 0. The summed E-state index contributed by atoms with van der Waals surface area (Å²) in [5.41, 5.74) is 1.44. The molecule has 0 amide bonds. The minimum Gasteiger partial charge on any atom is -1.00 e. The van der Waals surface area contributed by atoms with Gasteiger partial charge in [0.05, 0.1) is 20.6 Å². The zero-order valence-corrected chi connectivity index (χ0v) is 20.5. The second-order valence-corrected chi connectivity index (χ2v) is 9.30. The summed E-state index contributed by atoms with van der Waals surface area (Å²) in [4.78, 5) is 0. The van der Waals surface area contributed by atoms with Crippen molar-refractivity contribution in [1.29, 1.82) is 0 Å². The molecule has 0 atom stereocenters. The maximum atomic E-state index is 3.65. The van der Waals surface area contributed by atoms with E-state index in [0.29, 0.717) is 0 Å². The summed E-state index contributed by atoms with van der Waals surface area (Å²) >= 11 is 0. The molecule has 0 bridgehead atoms. The van der Waals surface area contributed by atoms with Gasteiger partial charge in [0.1, 0.15) is 6.54 Å². The average Bonchev–Trinajstić information content (AvgIpc) is 2.68. The lowest BCUT2D eigenvalue weighted by atomic mass is 10.1. The Morgan fingerprint density at radius 3 is 1.69 bits per heavy atom. The molecular weight excluding hydrogens is 376 g/mol. The van der Waals surface area contributed by atoms with E-state index in [2.05, 4.69) is 56.7 Å². The molecule has 1 rings (SSSR count). The van der Waals surface area contributed by atoms with Crippen molar-refractivity contribution in [1.82, 2.24) is 5.32 Å². The largest absolute Gasteiger partial charge is 1.00 e. The molecule has 170 valence electrons. The fourth-order valence-electron chi connectivity index (χ4n) is 4.00. The van der Waals surface area contributed by atoms with Crippen molar-refractivity contribution in [3.8, 4) is 0 Å². The number of nitrogens with one attached hydrogen (secondary N) is 1. The summed E-state index contributed by atoms with van der Waals surface area (Å²) in [7, 11) is 4.69. The van der Waals surface area contributed by atoms with Gasteiger partial charge in [0, 0.05) is 18.5 Å². The highest BCUT2D eigenvalue weighted by Gasteiger charge is 2.14. The van der Waals surface area contributed by atoms with E-state index in [4.69, 9.17) is 0 Å². The van der Waals surface area contributed by atoms with Crippen LogP contribution in [0.15, 0.2) is 30.3 Å². The van der Waals surface area contributed by atoms with Gasteiger partial charge in [0.25, 0.3) is 0 Å². The molecule has 0 aliphatic carbocycles. The van der Waals surface area contributed by atoms with Gasteiger partial charge < -0.3 is 22.2 Å². The predicted octanol–water partition coefficient (Wildman–Crippen LogP) is 3.95. The first-order chi connectivity index (χ1) is 13.6. The van der Waals surface area contributed by atoms with Crippen LogP contribution in [0, 0.1) is 0 Å². The van der Waals surface area contributed by atoms with Crippen LogP contribution >= 0.6 is 0 Å². The highest BCUT2D eigenvalue weighted by molar-refractivity contribution is 5.13. The van der Waals surface area contributed by atoms with Gasteiger partial charge in [-0.2, -0.15) is 0 Å². The predicted molar refractivity (Wildman–Crippen MR) is 126 cm³/mol. The van der Waals surface area contributed by atoms with Crippen molar-refractivity contribution in [3.05, 3.63) is 35.9 Å². The van der Waals surface area contributed by atoms with Gasteiger partial charge in [-0.3, -0.25) is 0 Å². The van der Waals surface area contributed by atoms with Crippen LogP contribution in [0.4, 0.5) is 0 Å². The van der Waals surface area contributed by atoms with Gasteiger partial charge in [0.15, 0.2) is 0 Å². The first-order valence-electron chi connectivity index (χ1n) is 12.2. The molecule has 0 aromatic heterocycles. The Morgan fingerprint density at radius 1 is 0.655 bits per heavy atom. The normalized spacial score (nSPS) is 11.4. The lowest BCUT2D eigenvalue weighted by molar-refractivity contribution is -0.903. The zero-order valence-electron chi connectivity index (χ0n) is 19.7. The summed E-state index contributed by atoms with van der Waals surface area (Å²) in [6.45, 7) is 7.01. The number of hydrogen-bond donors (Lipinski definition) is 1. The fraction of sp³-hybridized carbons (Fsp3) is 0.769. The van der Waals surface area contributed by atoms with E-state index in [1.165, 1.54) is 102 Å². The van der Waals surface area contributed by atoms with Crippen molar-refractivity contribution in [3.63, 3.8) is 0 Å². The summed E-state index contributed by atoms with van der Waals surface area (Å²) in [6, 6.07) is 10.9. The number of quaternary nitrogens is 1. The Bertz CT molecular complexity index is 447. The number of benzene rings is 1. The summed E-state index contributed by atoms with van der Waals surface area (Å²) in [5.74, 6) is 0. The van der Waals surface area contributed by atoms with Crippen molar-refractivity contribution < 1.29 is 16.9 Å². The van der Waals surface area contributed by atoms with Crippen LogP contribution in [0.2, 0.25) is 0 Å². The number of halogens is 1. The lowest BCUT2D eigenvalue weighted by Gasteiger charge is -2.30. The molecule has 0 radical (unpaired) electrons.